The van der Waals surface area contributed by atoms with Gasteiger partial charge >= 0.3 is 0 Å². The Hall–Kier alpha value is -4.13. The van der Waals surface area contributed by atoms with E-state index in [1.54, 1.807) is 26.2 Å². The number of aromatic nitrogens is 4. The number of halogens is 2. The molecule has 40 heavy (non-hydrogen) atoms. The van der Waals surface area contributed by atoms with Gasteiger partial charge in [0.15, 0.2) is 0 Å². The maximum absolute atomic E-state index is 13.3. The molecular weight excluding hydrogens is 561 g/mol. The van der Waals surface area contributed by atoms with Crippen LogP contribution >= 0.6 is 23.2 Å². The fourth-order valence-corrected chi connectivity index (χ4v) is 4.90. The second-order valence-corrected chi connectivity index (χ2v) is 10.1. The molecule has 0 radical (unpaired) electrons. The molecule has 1 saturated heterocycles. The predicted molar refractivity (Wildman–Crippen MR) is 151 cm³/mol. The SMILES string of the molecule is Cc1nc2c(c(-c3cc(Cl)c(O)c(C(N)=O)c3)cn2CC(=O)Nc2cc(N3CCOCC3)ncc2Cl)c(=O)n1C. The first kappa shape index (κ1) is 27.4. The molecule has 0 aliphatic carbocycles. The molecule has 4 heterocycles. The summed E-state index contributed by atoms with van der Waals surface area (Å²) < 4.78 is 8.29. The Labute approximate surface area is 237 Å². The molecule has 1 fully saturated rings. The largest absolute Gasteiger partial charge is 0.506 e. The van der Waals surface area contributed by atoms with Gasteiger partial charge in [-0.1, -0.05) is 23.2 Å². The number of benzene rings is 1. The first-order valence-corrected chi connectivity index (χ1v) is 13.0. The zero-order valence-electron chi connectivity index (χ0n) is 21.6. The summed E-state index contributed by atoms with van der Waals surface area (Å²) in [6, 6.07) is 4.45. The molecule has 0 unspecified atom stereocenters. The van der Waals surface area contributed by atoms with Gasteiger partial charge in [-0.2, -0.15) is 0 Å². The highest BCUT2D eigenvalue weighted by molar-refractivity contribution is 6.34. The first-order valence-electron chi connectivity index (χ1n) is 12.2. The number of aryl methyl sites for hydroxylation is 1. The van der Waals surface area contributed by atoms with Crippen LogP contribution in [0.2, 0.25) is 10.0 Å². The van der Waals surface area contributed by atoms with Gasteiger partial charge < -0.3 is 30.4 Å². The number of fused-ring (bicyclic) bond motifs is 1. The Morgan fingerprint density at radius 3 is 2.60 bits per heavy atom. The summed E-state index contributed by atoms with van der Waals surface area (Å²) in [4.78, 5) is 49.4. The fourth-order valence-electron chi connectivity index (χ4n) is 4.53. The number of anilines is 2. The summed E-state index contributed by atoms with van der Waals surface area (Å²) >= 11 is 12.5. The first-order chi connectivity index (χ1) is 19.0. The summed E-state index contributed by atoms with van der Waals surface area (Å²) in [5, 5.41) is 13.4. The summed E-state index contributed by atoms with van der Waals surface area (Å²) in [6.45, 7) is 3.94. The Kier molecular flexibility index (Phi) is 7.41. The van der Waals surface area contributed by atoms with Crippen LogP contribution in [0, 0.1) is 6.92 Å². The van der Waals surface area contributed by atoms with Crippen LogP contribution in [0.4, 0.5) is 11.5 Å². The van der Waals surface area contributed by atoms with E-state index in [9.17, 15) is 19.5 Å². The average molecular weight is 586 g/mol. The maximum Gasteiger partial charge on any atom is 0.263 e. The number of amides is 2. The van der Waals surface area contributed by atoms with E-state index >= 15 is 0 Å². The number of aromatic hydroxyl groups is 1. The number of morpholine rings is 1. The smallest absolute Gasteiger partial charge is 0.263 e. The van der Waals surface area contributed by atoms with Crippen molar-refractivity contribution in [3.05, 3.63) is 62.4 Å². The van der Waals surface area contributed by atoms with Gasteiger partial charge in [0.2, 0.25) is 5.91 Å². The van der Waals surface area contributed by atoms with Crippen LogP contribution in [0.15, 0.2) is 35.4 Å². The minimum atomic E-state index is -0.892. The van der Waals surface area contributed by atoms with Crippen LogP contribution in [0.1, 0.15) is 16.2 Å². The minimum absolute atomic E-state index is 0.120. The van der Waals surface area contributed by atoms with Crippen LogP contribution in [-0.2, 0) is 23.1 Å². The lowest BCUT2D eigenvalue weighted by molar-refractivity contribution is -0.116. The average Bonchev–Trinajstić information content (AvgIpc) is 3.28. The van der Waals surface area contributed by atoms with E-state index in [1.807, 2.05) is 4.90 Å². The van der Waals surface area contributed by atoms with Crippen molar-refractivity contribution < 1.29 is 19.4 Å². The molecule has 5 rings (SSSR count). The van der Waals surface area contributed by atoms with Gasteiger partial charge in [0, 0.05) is 38.0 Å². The Morgan fingerprint density at radius 1 is 1.18 bits per heavy atom. The van der Waals surface area contributed by atoms with Crippen molar-refractivity contribution in [2.45, 2.75) is 13.5 Å². The molecule has 0 saturated carbocycles. The standard InChI is InChI=1S/C26H25Cl2N7O5/c1-13-31-25-22(26(39)33(13)2)16(14-7-15(24(29)38)23(37)17(27)8-14)11-35(25)12-21(36)32-19-9-20(30-10-18(19)28)34-3-5-40-6-4-34/h7-11,37H,3-6,12H2,1-2H3,(H2,29,38)(H,30,32,36). The van der Waals surface area contributed by atoms with Crippen molar-refractivity contribution in [1.82, 2.24) is 19.1 Å². The maximum atomic E-state index is 13.3. The number of carbonyl (C=O) groups is 2. The number of rotatable bonds is 6. The molecule has 2 amide bonds. The molecule has 4 aromatic rings. The van der Waals surface area contributed by atoms with Gasteiger partial charge in [-0.05, 0) is 24.6 Å². The zero-order valence-corrected chi connectivity index (χ0v) is 23.1. The van der Waals surface area contributed by atoms with Crippen LogP contribution in [0.5, 0.6) is 5.75 Å². The number of carbonyl (C=O) groups excluding carboxylic acids is 2. The normalized spacial score (nSPS) is 13.6. The lowest BCUT2D eigenvalue weighted by Crippen LogP contribution is -2.36. The molecule has 3 aromatic heterocycles. The summed E-state index contributed by atoms with van der Waals surface area (Å²) in [7, 11) is 1.58. The van der Waals surface area contributed by atoms with Crippen LogP contribution in [-0.4, -0.2) is 62.3 Å². The zero-order chi connectivity index (χ0) is 28.7. The highest BCUT2D eigenvalue weighted by atomic mass is 35.5. The topological polar surface area (TPSA) is 158 Å². The second-order valence-electron chi connectivity index (χ2n) is 9.28. The summed E-state index contributed by atoms with van der Waals surface area (Å²) in [5.41, 5.74) is 6.18. The van der Waals surface area contributed by atoms with E-state index in [2.05, 4.69) is 15.3 Å². The lowest BCUT2D eigenvalue weighted by Gasteiger charge is -2.28. The van der Waals surface area contributed by atoms with E-state index in [0.29, 0.717) is 54.8 Å². The van der Waals surface area contributed by atoms with Crippen molar-refractivity contribution in [2.24, 2.45) is 12.8 Å². The fraction of sp³-hybridized carbons (Fsp3) is 0.269. The van der Waals surface area contributed by atoms with Crippen molar-refractivity contribution in [3.63, 3.8) is 0 Å². The van der Waals surface area contributed by atoms with Gasteiger partial charge in [-0.25, -0.2) is 9.97 Å². The van der Waals surface area contributed by atoms with E-state index in [4.69, 9.17) is 33.7 Å². The monoisotopic (exact) mass is 585 g/mol. The van der Waals surface area contributed by atoms with Crippen LogP contribution < -0.4 is 21.5 Å². The molecular formula is C26H25Cl2N7O5. The molecule has 14 heteroatoms. The highest BCUT2D eigenvalue weighted by Gasteiger charge is 2.22. The van der Waals surface area contributed by atoms with Crippen LogP contribution in [0.25, 0.3) is 22.2 Å². The van der Waals surface area contributed by atoms with E-state index in [-0.39, 0.29) is 38.7 Å². The predicted octanol–water partition coefficient (Wildman–Crippen LogP) is 2.69. The molecule has 12 nitrogen and oxygen atoms in total. The number of nitrogens with two attached hydrogens (primary N) is 1. The minimum Gasteiger partial charge on any atom is -0.506 e. The third kappa shape index (κ3) is 5.08. The van der Waals surface area contributed by atoms with Gasteiger partial charge in [0.05, 0.1) is 46.1 Å². The molecule has 1 aliphatic rings. The summed E-state index contributed by atoms with van der Waals surface area (Å²) in [6.07, 6.45) is 3.05. The number of ether oxygens (including phenoxy) is 1. The van der Waals surface area contributed by atoms with E-state index < -0.39 is 17.6 Å². The van der Waals surface area contributed by atoms with Gasteiger partial charge in [0.1, 0.15) is 29.6 Å². The lowest BCUT2D eigenvalue weighted by atomic mass is 10.0. The van der Waals surface area contributed by atoms with Gasteiger partial charge in [0.25, 0.3) is 11.5 Å². The Balaban J connectivity index is 1.54. The third-order valence-electron chi connectivity index (χ3n) is 6.73. The number of primary amides is 1. The molecule has 0 atom stereocenters. The number of hydrogen-bond donors (Lipinski definition) is 3. The van der Waals surface area contributed by atoms with Gasteiger partial charge in [-0.15, -0.1) is 0 Å². The third-order valence-corrected chi connectivity index (χ3v) is 7.31. The molecule has 208 valence electrons. The Morgan fingerprint density at radius 2 is 1.90 bits per heavy atom. The summed E-state index contributed by atoms with van der Waals surface area (Å²) in [5.74, 6) is -0.693. The van der Waals surface area contributed by atoms with Crippen molar-refractivity contribution >= 4 is 57.6 Å². The Bertz CT molecular complexity index is 1730. The van der Waals surface area contributed by atoms with E-state index in [0.717, 1.165) is 0 Å². The number of nitrogens with zero attached hydrogens (tertiary/aromatic N) is 5. The highest BCUT2D eigenvalue weighted by Crippen LogP contribution is 2.36. The van der Waals surface area contributed by atoms with Gasteiger partial charge in [-0.3, -0.25) is 19.0 Å². The molecule has 1 aromatic carbocycles. The number of hydrogen-bond acceptors (Lipinski definition) is 8. The molecule has 1 aliphatic heterocycles. The van der Waals surface area contributed by atoms with Crippen LogP contribution in [0.3, 0.4) is 0 Å². The van der Waals surface area contributed by atoms with Crippen molar-refractivity contribution in [1.29, 1.82) is 0 Å². The molecule has 0 bridgehead atoms. The number of pyridine rings is 1. The molecule has 4 N–H and O–H groups in total. The van der Waals surface area contributed by atoms with E-state index in [1.165, 1.54) is 27.5 Å². The second kappa shape index (κ2) is 10.8. The molecule has 0 spiro atoms. The number of phenols is 1. The van der Waals surface area contributed by atoms with Crippen molar-refractivity contribution in [2.75, 3.05) is 36.5 Å². The quantitative estimate of drug-likeness (QED) is 0.311. The number of nitrogens with one attached hydrogen (secondary N) is 1. The van der Waals surface area contributed by atoms with Crippen molar-refractivity contribution in [3.8, 4) is 16.9 Å².